The summed E-state index contributed by atoms with van der Waals surface area (Å²) in [5.74, 6) is 0.322. The van der Waals surface area contributed by atoms with Gasteiger partial charge in [0.25, 0.3) is 0 Å². The maximum Gasteiger partial charge on any atom is 0.229 e. The quantitative estimate of drug-likeness (QED) is 0.751. The molecule has 1 saturated carbocycles. The average molecular weight is 262 g/mol. The first-order valence-electron chi connectivity index (χ1n) is 6.36. The van der Waals surface area contributed by atoms with E-state index in [1.54, 1.807) is 7.11 Å². The zero-order valence-electron chi connectivity index (χ0n) is 10.9. The minimum Gasteiger partial charge on any atom is -0.497 e. The first-order valence-corrected chi connectivity index (χ1v) is 6.36. The molecular formula is C14H18N2O3. The van der Waals surface area contributed by atoms with Gasteiger partial charge in [0.2, 0.25) is 11.8 Å². The van der Waals surface area contributed by atoms with E-state index in [9.17, 15) is 9.59 Å². The lowest BCUT2D eigenvalue weighted by Crippen LogP contribution is -2.32. The molecule has 1 fully saturated rings. The van der Waals surface area contributed by atoms with Crippen LogP contribution in [0.15, 0.2) is 24.3 Å². The van der Waals surface area contributed by atoms with Gasteiger partial charge in [-0.05, 0) is 30.5 Å². The second kappa shape index (κ2) is 6.22. The minimum absolute atomic E-state index is 0.105. The van der Waals surface area contributed by atoms with Crippen LogP contribution in [0.5, 0.6) is 5.75 Å². The monoisotopic (exact) mass is 262 g/mol. The van der Waals surface area contributed by atoms with Gasteiger partial charge in [0, 0.05) is 12.6 Å². The number of hydrogen-bond acceptors (Lipinski definition) is 3. The van der Waals surface area contributed by atoms with E-state index in [2.05, 4.69) is 10.6 Å². The summed E-state index contributed by atoms with van der Waals surface area (Å²) >= 11 is 0. The van der Waals surface area contributed by atoms with E-state index >= 15 is 0 Å². The highest BCUT2D eigenvalue weighted by Gasteiger charge is 2.23. The third-order valence-corrected chi connectivity index (χ3v) is 2.91. The van der Waals surface area contributed by atoms with Crippen LogP contribution in [0.1, 0.15) is 24.8 Å². The summed E-state index contributed by atoms with van der Waals surface area (Å²) in [7, 11) is 1.61. The maximum atomic E-state index is 11.6. The highest BCUT2D eigenvalue weighted by molar-refractivity contribution is 5.97. The maximum absolute atomic E-state index is 11.6. The number of ether oxygens (including phenoxy) is 1. The molecule has 1 aromatic carbocycles. The van der Waals surface area contributed by atoms with E-state index in [4.69, 9.17) is 4.74 Å². The van der Waals surface area contributed by atoms with Crippen LogP contribution >= 0.6 is 0 Å². The van der Waals surface area contributed by atoms with Crippen LogP contribution in [0.4, 0.5) is 0 Å². The molecule has 19 heavy (non-hydrogen) atoms. The summed E-state index contributed by atoms with van der Waals surface area (Å²) < 4.78 is 5.05. The molecule has 1 aromatic rings. The average Bonchev–Trinajstić information content (AvgIpc) is 3.20. The lowest BCUT2D eigenvalue weighted by molar-refractivity contribution is -0.129. The van der Waals surface area contributed by atoms with Crippen molar-refractivity contribution in [2.75, 3.05) is 7.11 Å². The van der Waals surface area contributed by atoms with Crippen LogP contribution in [0, 0.1) is 0 Å². The number of rotatable bonds is 6. The Bertz CT molecular complexity index is 452. The van der Waals surface area contributed by atoms with Crippen molar-refractivity contribution in [1.29, 1.82) is 0 Å². The molecule has 0 heterocycles. The number of hydrogen-bond donors (Lipinski definition) is 2. The van der Waals surface area contributed by atoms with E-state index in [0.717, 1.165) is 24.2 Å². The Morgan fingerprint density at radius 1 is 1.21 bits per heavy atom. The molecule has 1 aliphatic carbocycles. The predicted octanol–water partition coefficient (Wildman–Crippen LogP) is 0.980. The lowest BCUT2D eigenvalue weighted by Gasteiger charge is -2.06. The molecular weight excluding hydrogens is 244 g/mol. The minimum atomic E-state index is -0.256. The summed E-state index contributed by atoms with van der Waals surface area (Å²) in [5.41, 5.74) is 0.969. The number of carbonyl (C=O) groups excluding carboxylic acids is 2. The zero-order valence-corrected chi connectivity index (χ0v) is 10.9. The van der Waals surface area contributed by atoms with Gasteiger partial charge in [-0.1, -0.05) is 12.1 Å². The van der Waals surface area contributed by atoms with Gasteiger partial charge in [0.05, 0.1) is 7.11 Å². The summed E-state index contributed by atoms with van der Waals surface area (Å²) in [6.07, 6.45) is 1.95. The Morgan fingerprint density at radius 3 is 2.47 bits per heavy atom. The second-order valence-electron chi connectivity index (χ2n) is 4.64. The number of carbonyl (C=O) groups is 2. The van der Waals surface area contributed by atoms with E-state index in [-0.39, 0.29) is 18.2 Å². The van der Waals surface area contributed by atoms with Gasteiger partial charge in [-0.3, -0.25) is 9.59 Å². The van der Waals surface area contributed by atoms with Gasteiger partial charge in [0.1, 0.15) is 12.2 Å². The van der Waals surface area contributed by atoms with Crippen molar-refractivity contribution < 1.29 is 14.3 Å². The molecule has 0 unspecified atom stereocenters. The Hall–Kier alpha value is -2.04. The Balaban J connectivity index is 1.71. The zero-order chi connectivity index (χ0) is 13.7. The molecule has 0 atom stereocenters. The van der Waals surface area contributed by atoms with Crippen LogP contribution in [0.3, 0.4) is 0 Å². The highest BCUT2D eigenvalue weighted by Crippen LogP contribution is 2.18. The van der Waals surface area contributed by atoms with E-state index in [1.165, 1.54) is 0 Å². The largest absolute Gasteiger partial charge is 0.497 e. The van der Waals surface area contributed by atoms with Crippen molar-refractivity contribution in [3.05, 3.63) is 29.8 Å². The van der Waals surface area contributed by atoms with Crippen molar-refractivity contribution in [1.82, 2.24) is 10.6 Å². The molecule has 0 saturated heterocycles. The van der Waals surface area contributed by atoms with Gasteiger partial charge in [-0.15, -0.1) is 0 Å². The molecule has 5 heteroatoms. The Kier molecular flexibility index (Phi) is 4.39. The normalized spacial score (nSPS) is 13.7. The van der Waals surface area contributed by atoms with Crippen LogP contribution in [0.25, 0.3) is 0 Å². The fraction of sp³-hybridized carbons (Fsp3) is 0.429. The Morgan fingerprint density at radius 2 is 1.89 bits per heavy atom. The molecule has 0 aliphatic heterocycles. The van der Waals surface area contributed by atoms with Crippen molar-refractivity contribution in [3.8, 4) is 5.75 Å². The summed E-state index contributed by atoms with van der Waals surface area (Å²) in [6, 6.07) is 7.72. The fourth-order valence-corrected chi connectivity index (χ4v) is 1.66. The van der Waals surface area contributed by atoms with Gasteiger partial charge >= 0.3 is 0 Å². The standard InChI is InChI=1S/C14H18N2O3/c1-19-12-6-2-10(3-7-12)9-15-13(17)8-14(18)16-11-4-5-11/h2-3,6-7,11H,4-5,8-9H2,1H3,(H,15,17)(H,16,18). The number of benzene rings is 1. The third-order valence-electron chi connectivity index (χ3n) is 2.91. The lowest BCUT2D eigenvalue weighted by atomic mass is 10.2. The van der Waals surface area contributed by atoms with Gasteiger partial charge in [-0.2, -0.15) is 0 Å². The van der Waals surface area contributed by atoms with E-state index in [1.807, 2.05) is 24.3 Å². The molecule has 1 aliphatic rings. The smallest absolute Gasteiger partial charge is 0.229 e. The molecule has 5 nitrogen and oxygen atoms in total. The fourth-order valence-electron chi connectivity index (χ4n) is 1.66. The van der Waals surface area contributed by atoms with Crippen LogP contribution in [-0.2, 0) is 16.1 Å². The van der Waals surface area contributed by atoms with Crippen molar-refractivity contribution in [2.45, 2.75) is 31.8 Å². The van der Waals surface area contributed by atoms with Gasteiger partial charge < -0.3 is 15.4 Å². The van der Waals surface area contributed by atoms with Crippen LogP contribution in [-0.4, -0.2) is 25.0 Å². The van der Waals surface area contributed by atoms with Crippen molar-refractivity contribution in [3.63, 3.8) is 0 Å². The SMILES string of the molecule is COc1ccc(CNC(=O)CC(=O)NC2CC2)cc1. The van der Waals surface area contributed by atoms with E-state index in [0.29, 0.717) is 12.6 Å². The van der Waals surface area contributed by atoms with Crippen LogP contribution < -0.4 is 15.4 Å². The second-order valence-corrected chi connectivity index (χ2v) is 4.64. The summed E-state index contributed by atoms with van der Waals surface area (Å²) in [5, 5.41) is 5.50. The number of amides is 2. The van der Waals surface area contributed by atoms with E-state index < -0.39 is 0 Å². The topological polar surface area (TPSA) is 67.4 Å². The van der Waals surface area contributed by atoms with Crippen molar-refractivity contribution in [2.24, 2.45) is 0 Å². The van der Waals surface area contributed by atoms with Gasteiger partial charge in [0.15, 0.2) is 0 Å². The van der Waals surface area contributed by atoms with Crippen LogP contribution in [0.2, 0.25) is 0 Å². The molecule has 0 radical (unpaired) electrons. The molecule has 2 amide bonds. The summed E-state index contributed by atoms with van der Waals surface area (Å²) in [4.78, 5) is 23.0. The molecule has 102 valence electrons. The van der Waals surface area contributed by atoms with Crippen molar-refractivity contribution >= 4 is 11.8 Å². The van der Waals surface area contributed by atoms with Gasteiger partial charge in [-0.25, -0.2) is 0 Å². The first kappa shape index (κ1) is 13.4. The molecule has 0 bridgehead atoms. The molecule has 0 aromatic heterocycles. The molecule has 0 spiro atoms. The number of methoxy groups -OCH3 is 1. The third kappa shape index (κ3) is 4.62. The number of nitrogens with one attached hydrogen (secondary N) is 2. The molecule has 2 rings (SSSR count). The highest BCUT2D eigenvalue weighted by atomic mass is 16.5. The molecule has 2 N–H and O–H groups in total. The first-order chi connectivity index (χ1) is 9.17. The summed E-state index contributed by atoms with van der Waals surface area (Å²) in [6.45, 7) is 0.416. The predicted molar refractivity (Wildman–Crippen MR) is 70.6 cm³/mol. The Labute approximate surface area is 112 Å².